The van der Waals surface area contributed by atoms with Crippen LogP contribution in [0, 0.1) is 5.41 Å². The molecule has 0 aromatic carbocycles. The number of allylic oxidation sites excluding steroid dienone is 1. The number of nitrogens with zero attached hydrogens (tertiary/aromatic N) is 2. The van der Waals surface area contributed by atoms with Gasteiger partial charge in [-0.25, -0.2) is 0 Å². The van der Waals surface area contributed by atoms with Crippen LogP contribution in [0.15, 0.2) is 12.3 Å². The van der Waals surface area contributed by atoms with Gasteiger partial charge in [0.15, 0.2) is 13.6 Å². The number of fused-ring (bicyclic) bond motifs is 1. The van der Waals surface area contributed by atoms with Gasteiger partial charge in [0.1, 0.15) is 6.10 Å². The van der Waals surface area contributed by atoms with Gasteiger partial charge in [-0.15, -0.1) is 0 Å². The first-order valence-corrected chi connectivity index (χ1v) is 11.9. The molecule has 1 unspecified atom stereocenters. The fourth-order valence-corrected chi connectivity index (χ4v) is 3.14. The molecule has 0 saturated heterocycles. The molecule has 1 aliphatic carbocycles. The summed E-state index contributed by atoms with van der Waals surface area (Å²) in [5.74, 6) is 0.0925. The van der Waals surface area contributed by atoms with Crippen molar-refractivity contribution in [1.29, 1.82) is 0 Å². The standard InChI is InChI=1S/C17H27BN2O2Si/c1-17(2,3)16(21)11-9-12(22-7-8-23(4,5)6)15-14(11)20-13(18)10-19-15/h9-10,12H,7-8,18H2,1-6H3. The maximum atomic E-state index is 12.7. The monoisotopic (exact) mass is 330 g/mol. The van der Waals surface area contributed by atoms with Gasteiger partial charge < -0.3 is 4.74 Å². The van der Waals surface area contributed by atoms with E-state index in [9.17, 15) is 4.79 Å². The van der Waals surface area contributed by atoms with Gasteiger partial charge in [0.25, 0.3) is 0 Å². The lowest BCUT2D eigenvalue weighted by Gasteiger charge is -2.17. The number of Topliss-reactive ketones (excluding diaryl/α,β-unsaturated/α-hetero) is 1. The number of carbonyl (C=O) groups excluding carboxylic acids is 1. The van der Waals surface area contributed by atoms with Gasteiger partial charge >= 0.3 is 0 Å². The van der Waals surface area contributed by atoms with Crippen molar-refractivity contribution in [1.82, 2.24) is 9.97 Å². The van der Waals surface area contributed by atoms with Gasteiger partial charge in [0, 0.05) is 37.5 Å². The van der Waals surface area contributed by atoms with Crippen molar-refractivity contribution in [3.63, 3.8) is 0 Å². The molecule has 2 rings (SSSR count). The van der Waals surface area contributed by atoms with E-state index < -0.39 is 13.5 Å². The summed E-state index contributed by atoms with van der Waals surface area (Å²) in [5, 5.41) is 0. The maximum absolute atomic E-state index is 12.7. The Morgan fingerprint density at radius 2 is 2.00 bits per heavy atom. The SMILES string of the molecule is Bc1cnc2c(n1)C(C(=O)C(C)(C)C)=CC2OCC[Si](C)(C)C. The van der Waals surface area contributed by atoms with Gasteiger partial charge in [-0.3, -0.25) is 14.8 Å². The Morgan fingerprint density at radius 3 is 2.57 bits per heavy atom. The fraction of sp³-hybridized carbons (Fsp3) is 0.588. The Hall–Kier alpha value is -1.27. The Balaban J connectivity index is 2.28. The normalized spacial score (nSPS) is 17.8. The first kappa shape index (κ1) is 18.1. The average molecular weight is 330 g/mol. The van der Waals surface area contributed by atoms with Crippen LogP contribution < -0.4 is 5.59 Å². The van der Waals surface area contributed by atoms with Crippen molar-refractivity contribution in [2.45, 2.75) is 52.6 Å². The highest BCUT2D eigenvalue weighted by molar-refractivity contribution is 6.76. The molecule has 0 fully saturated rings. The van der Waals surface area contributed by atoms with E-state index in [4.69, 9.17) is 4.74 Å². The van der Waals surface area contributed by atoms with Crippen molar-refractivity contribution in [2.24, 2.45) is 5.41 Å². The highest BCUT2D eigenvalue weighted by Crippen LogP contribution is 2.37. The summed E-state index contributed by atoms with van der Waals surface area (Å²) in [6, 6.07) is 1.09. The minimum atomic E-state index is -1.15. The second-order valence-electron chi connectivity index (χ2n) is 8.51. The van der Waals surface area contributed by atoms with Crippen LogP contribution in [-0.2, 0) is 9.53 Å². The van der Waals surface area contributed by atoms with Crippen LogP contribution in [0.4, 0.5) is 0 Å². The minimum absolute atomic E-state index is 0.0925. The molecule has 0 spiro atoms. The van der Waals surface area contributed by atoms with E-state index in [1.165, 1.54) is 0 Å². The van der Waals surface area contributed by atoms with Crippen LogP contribution in [0.5, 0.6) is 0 Å². The average Bonchev–Trinajstić information content (AvgIpc) is 2.73. The molecule has 0 saturated carbocycles. The van der Waals surface area contributed by atoms with Crippen LogP contribution in [0.3, 0.4) is 0 Å². The van der Waals surface area contributed by atoms with Gasteiger partial charge in [0.2, 0.25) is 0 Å². The van der Waals surface area contributed by atoms with Gasteiger partial charge in [-0.1, -0.05) is 40.4 Å². The van der Waals surface area contributed by atoms with Gasteiger partial charge in [-0.2, -0.15) is 0 Å². The number of hydrogen-bond donors (Lipinski definition) is 0. The van der Waals surface area contributed by atoms with Crippen LogP contribution in [0.2, 0.25) is 25.7 Å². The third-order valence-corrected chi connectivity index (χ3v) is 5.54. The van der Waals surface area contributed by atoms with Crippen LogP contribution in [0.1, 0.15) is 38.3 Å². The number of carbonyl (C=O) groups is 1. The van der Waals surface area contributed by atoms with E-state index >= 15 is 0 Å². The molecule has 1 aromatic heterocycles. The maximum Gasteiger partial charge on any atom is 0.170 e. The summed E-state index contributed by atoms with van der Waals surface area (Å²) < 4.78 is 6.04. The molecule has 0 aliphatic heterocycles. The van der Waals surface area contributed by atoms with Gasteiger partial charge in [-0.05, 0) is 12.1 Å². The number of rotatable bonds is 5. The zero-order valence-corrected chi connectivity index (χ0v) is 16.4. The van der Waals surface area contributed by atoms with Crippen LogP contribution in [-0.4, -0.2) is 38.3 Å². The van der Waals surface area contributed by atoms with E-state index in [-0.39, 0.29) is 11.9 Å². The molecule has 1 atom stereocenters. The highest BCUT2D eigenvalue weighted by atomic mass is 28.3. The molecule has 23 heavy (non-hydrogen) atoms. The van der Waals surface area contributed by atoms with Crippen molar-refractivity contribution in [3.05, 3.63) is 23.7 Å². The largest absolute Gasteiger partial charge is 0.368 e. The fourth-order valence-electron chi connectivity index (χ4n) is 2.41. The summed E-state index contributed by atoms with van der Waals surface area (Å²) in [7, 11) is 0.748. The molecule has 0 N–H and O–H groups in total. The van der Waals surface area contributed by atoms with E-state index in [1.807, 2.05) is 34.7 Å². The lowest BCUT2D eigenvalue weighted by atomic mass is 9.86. The lowest BCUT2D eigenvalue weighted by Crippen LogP contribution is -2.23. The van der Waals surface area contributed by atoms with Crippen molar-refractivity contribution >= 4 is 32.9 Å². The Bertz CT molecular complexity index is 645. The van der Waals surface area contributed by atoms with Crippen LogP contribution >= 0.6 is 0 Å². The molecule has 0 radical (unpaired) electrons. The molecule has 1 aromatic rings. The summed E-state index contributed by atoms with van der Waals surface area (Å²) in [6.07, 6.45) is 3.39. The summed E-state index contributed by atoms with van der Waals surface area (Å²) in [6.45, 7) is 13.5. The number of ether oxygens (including phenoxy) is 1. The second kappa shape index (κ2) is 6.32. The summed E-state index contributed by atoms with van der Waals surface area (Å²) in [4.78, 5) is 21.8. The van der Waals surface area contributed by atoms with E-state index in [2.05, 4.69) is 29.6 Å². The number of aromatic nitrogens is 2. The molecule has 6 heteroatoms. The van der Waals surface area contributed by atoms with Crippen molar-refractivity contribution < 1.29 is 9.53 Å². The molecular weight excluding hydrogens is 303 g/mol. The first-order valence-electron chi connectivity index (χ1n) is 8.21. The van der Waals surface area contributed by atoms with E-state index in [0.717, 1.165) is 17.3 Å². The van der Waals surface area contributed by atoms with E-state index in [1.54, 1.807) is 6.20 Å². The molecule has 1 heterocycles. The zero-order valence-electron chi connectivity index (χ0n) is 15.4. The minimum Gasteiger partial charge on any atom is -0.368 e. The topological polar surface area (TPSA) is 52.1 Å². The number of hydrogen-bond acceptors (Lipinski definition) is 4. The predicted octanol–water partition coefficient (Wildman–Crippen LogP) is 2.14. The Labute approximate surface area is 141 Å². The smallest absolute Gasteiger partial charge is 0.170 e. The summed E-state index contributed by atoms with van der Waals surface area (Å²) in [5.41, 5.74) is 2.50. The van der Waals surface area contributed by atoms with Gasteiger partial charge in [0.05, 0.1) is 11.4 Å². The van der Waals surface area contributed by atoms with Crippen LogP contribution in [0.25, 0.3) is 5.57 Å². The highest BCUT2D eigenvalue weighted by Gasteiger charge is 2.35. The lowest BCUT2D eigenvalue weighted by molar-refractivity contribution is -0.120. The molecule has 4 nitrogen and oxygen atoms in total. The van der Waals surface area contributed by atoms with Crippen molar-refractivity contribution in [2.75, 3.05) is 6.61 Å². The third kappa shape index (κ3) is 4.38. The Morgan fingerprint density at radius 1 is 1.35 bits per heavy atom. The summed E-state index contributed by atoms with van der Waals surface area (Å²) >= 11 is 0. The number of ketones is 1. The zero-order chi connectivity index (χ0) is 17.4. The first-order chi connectivity index (χ1) is 10.5. The molecule has 0 bridgehead atoms. The molecular formula is C17H27BN2O2Si. The molecule has 0 amide bonds. The molecule has 124 valence electrons. The quantitative estimate of drug-likeness (QED) is 0.776. The third-order valence-electron chi connectivity index (χ3n) is 3.84. The molecule has 1 aliphatic rings. The van der Waals surface area contributed by atoms with Crippen molar-refractivity contribution in [3.8, 4) is 0 Å². The Kier molecular flexibility index (Phi) is 4.97. The predicted molar refractivity (Wildman–Crippen MR) is 99.5 cm³/mol. The van der Waals surface area contributed by atoms with E-state index in [0.29, 0.717) is 17.9 Å². The second-order valence-corrected chi connectivity index (χ2v) is 14.1.